The molecule has 0 amide bonds. The predicted octanol–water partition coefficient (Wildman–Crippen LogP) is 7.62. The molecular weight excluding hydrogens is 402 g/mol. The van der Waals surface area contributed by atoms with Gasteiger partial charge in [-0.3, -0.25) is 0 Å². The quantitative estimate of drug-likeness (QED) is 0.310. The summed E-state index contributed by atoms with van der Waals surface area (Å²) in [5.41, 5.74) is 2.95. The Morgan fingerprint density at radius 3 is 2.37 bits per heavy atom. The lowest BCUT2D eigenvalue weighted by Gasteiger charge is -2.10. The first-order valence-electron chi connectivity index (χ1n) is 9.93. The van der Waals surface area contributed by atoms with Gasteiger partial charge in [-0.1, -0.05) is 48.0 Å². The number of benzene rings is 4. The van der Waals surface area contributed by atoms with Crippen molar-refractivity contribution in [3.8, 4) is 16.9 Å². The van der Waals surface area contributed by atoms with Crippen molar-refractivity contribution < 1.29 is 13.5 Å². The number of fused-ring (bicyclic) bond motifs is 1. The molecule has 0 fully saturated rings. The Bertz CT molecular complexity index is 1190. The third-order valence-electron chi connectivity index (χ3n) is 5.19. The van der Waals surface area contributed by atoms with E-state index in [2.05, 4.69) is 0 Å². The van der Waals surface area contributed by atoms with Gasteiger partial charge in [-0.05, 0) is 72.2 Å². The fraction of sp³-hybridized carbons (Fsp3) is 0.154. The van der Waals surface area contributed by atoms with Gasteiger partial charge in [-0.15, -0.1) is 0 Å². The van der Waals surface area contributed by atoms with Crippen LogP contribution in [0.5, 0.6) is 5.75 Å². The van der Waals surface area contributed by atoms with E-state index in [0.717, 1.165) is 17.4 Å². The summed E-state index contributed by atoms with van der Waals surface area (Å²) in [5.74, 6) is -0.0866. The summed E-state index contributed by atoms with van der Waals surface area (Å²) in [4.78, 5) is 0. The molecule has 0 N–H and O–H groups in total. The summed E-state index contributed by atoms with van der Waals surface area (Å²) < 4.78 is 34.9. The number of hydrogen-bond acceptors (Lipinski definition) is 1. The van der Waals surface area contributed by atoms with Crippen molar-refractivity contribution in [1.82, 2.24) is 0 Å². The molecule has 0 heterocycles. The van der Waals surface area contributed by atoms with Crippen LogP contribution in [0.4, 0.5) is 8.78 Å². The Labute approximate surface area is 179 Å². The molecule has 0 saturated heterocycles. The second-order valence-corrected chi connectivity index (χ2v) is 7.61. The summed E-state index contributed by atoms with van der Waals surface area (Å²) in [5, 5.41) is 1.97. The second-order valence-electron chi connectivity index (χ2n) is 7.18. The lowest BCUT2D eigenvalue weighted by Crippen LogP contribution is -1.96. The van der Waals surface area contributed by atoms with Gasteiger partial charge in [0.25, 0.3) is 0 Å². The molecule has 4 aromatic rings. The summed E-state index contributed by atoms with van der Waals surface area (Å²) in [6, 6.07) is 21.4. The molecule has 0 saturated carbocycles. The van der Waals surface area contributed by atoms with Gasteiger partial charge < -0.3 is 4.74 Å². The predicted molar refractivity (Wildman–Crippen MR) is 119 cm³/mol. The van der Waals surface area contributed by atoms with Crippen LogP contribution in [0.3, 0.4) is 0 Å². The van der Waals surface area contributed by atoms with Gasteiger partial charge in [0, 0.05) is 22.0 Å². The highest BCUT2D eigenvalue weighted by molar-refractivity contribution is 6.30. The fourth-order valence-corrected chi connectivity index (χ4v) is 3.74. The highest BCUT2D eigenvalue weighted by atomic mass is 35.5. The first kappa shape index (κ1) is 20.4. The molecule has 0 aliphatic rings. The number of aryl methyl sites for hydroxylation is 2. The lowest BCUT2D eigenvalue weighted by atomic mass is 9.97. The Hall–Kier alpha value is -2.91. The standard InChI is InChI=1S/C26H21ClF2O/c1-2-30-22-12-14-23(25(28)16-22)19-9-13-24-20(15-19)8-7-18(26(24)29)6-3-17-4-10-21(27)11-5-17/h4-5,7-16H,2-3,6H2,1H3. The van der Waals surface area contributed by atoms with E-state index >= 15 is 4.39 Å². The first-order valence-corrected chi connectivity index (χ1v) is 10.3. The minimum atomic E-state index is -0.361. The topological polar surface area (TPSA) is 9.23 Å². The maximum Gasteiger partial charge on any atom is 0.134 e. The van der Waals surface area contributed by atoms with Crippen LogP contribution >= 0.6 is 11.6 Å². The van der Waals surface area contributed by atoms with Gasteiger partial charge in [-0.2, -0.15) is 0 Å². The largest absolute Gasteiger partial charge is 0.494 e. The average molecular weight is 423 g/mol. The maximum atomic E-state index is 15.1. The Kier molecular flexibility index (Phi) is 6.01. The molecule has 0 aliphatic carbocycles. The molecule has 30 heavy (non-hydrogen) atoms. The summed E-state index contributed by atoms with van der Waals surface area (Å²) >= 11 is 5.92. The molecular formula is C26H21ClF2O. The Balaban J connectivity index is 1.60. The molecule has 0 unspecified atom stereocenters. The molecule has 152 valence electrons. The van der Waals surface area contributed by atoms with E-state index in [9.17, 15) is 4.39 Å². The Morgan fingerprint density at radius 1 is 0.833 bits per heavy atom. The van der Waals surface area contributed by atoms with Gasteiger partial charge in [0.1, 0.15) is 17.4 Å². The van der Waals surface area contributed by atoms with Crippen molar-refractivity contribution in [2.24, 2.45) is 0 Å². The van der Waals surface area contributed by atoms with Gasteiger partial charge in [0.05, 0.1) is 6.61 Å². The van der Waals surface area contributed by atoms with Crippen molar-refractivity contribution in [3.63, 3.8) is 0 Å². The number of halogens is 3. The van der Waals surface area contributed by atoms with Crippen molar-refractivity contribution in [3.05, 3.63) is 101 Å². The van der Waals surface area contributed by atoms with Crippen molar-refractivity contribution in [1.29, 1.82) is 0 Å². The molecule has 4 aromatic carbocycles. The van der Waals surface area contributed by atoms with Crippen LogP contribution in [0.15, 0.2) is 72.8 Å². The molecule has 4 rings (SSSR count). The van der Waals surface area contributed by atoms with Crippen LogP contribution in [-0.2, 0) is 12.8 Å². The van der Waals surface area contributed by atoms with E-state index in [4.69, 9.17) is 16.3 Å². The highest BCUT2D eigenvalue weighted by Gasteiger charge is 2.11. The number of rotatable bonds is 6. The Morgan fingerprint density at radius 2 is 1.63 bits per heavy atom. The zero-order valence-electron chi connectivity index (χ0n) is 16.6. The van der Waals surface area contributed by atoms with Gasteiger partial charge in [-0.25, -0.2) is 8.78 Å². The van der Waals surface area contributed by atoms with Crippen LogP contribution in [0, 0.1) is 11.6 Å². The first-order chi connectivity index (χ1) is 14.5. The molecule has 0 bridgehead atoms. The smallest absolute Gasteiger partial charge is 0.134 e. The van der Waals surface area contributed by atoms with Crippen LogP contribution in [0.1, 0.15) is 18.1 Å². The van der Waals surface area contributed by atoms with E-state index in [0.29, 0.717) is 45.9 Å². The zero-order valence-corrected chi connectivity index (χ0v) is 17.3. The SMILES string of the molecule is CCOc1ccc(-c2ccc3c(F)c(CCc4ccc(Cl)cc4)ccc3c2)c(F)c1. The summed E-state index contributed by atoms with van der Waals surface area (Å²) in [7, 11) is 0. The molecule has 1 nitrogen and oxygen atoms in total. The molecule has 0 spiro atoms. The fourth-order valence-electron chi connectivity index (χ4n) is 3.61. The molecule has 0 aromatic heterocycles. The van der Waals surface area contributed by atoms with E-state index in [-0.39, 0.29) is 11.6 Å². The monoisotopic (exact) mass is 422 g/mol. The third kappa shape index (κ3) is 4.31. The van der Waals surface area contributed by atoms with E-state index < -0.39 is 0 Å². The molecule has 4 heteroatoms. The normalized spacial score (nSPS) is 11.1. The van der Waals surface area contributed by atoms with Crippen molar-refractivity contribution >= 4 is 22.4 Å². The minimum Gasteiger partial charge on any atom is -0.494 e. The summed E-state index contributed by atoms with van der Waals surface area (Å²) in [6.07, 6.45) is 1.33. The second kappa shape index (κ2) is 8.85. The average Bonchev–Trinajstić information content (AvgIpc) is 2.75. The highest BCUT2D eigenvalue weighted by Crippen LogP contribution is 2.31. The maximum absolute atomic E-state index is 15.1. The molecule has 0 radical (unpaired) electrons. The van der Waals surface area contributed by atoms with Crippen LogP contribution < -0.4 is 4.74 Å². The van der Waals surface area contributed by atoms with E-state index in [1.807, 2.05) is 49.4 Å². The van der Waals surface area contributed by atoms with Gasteiger partial charge >= 0.3 is 0 Å². The van der Waals surface area contributed by atoms with E-state index in [1.165, 1.54) is 6.07 Å². The number of ether oxygens (including phenoxy) is 1. The van der Waals surface area contributed by atoms with Crippen molar-refractivity contribution in [2.45, 2.75) is 19.8 Å². The van der Waals surface area contributed by atoms with Crippen molar-refractivity contribution in [2.75, 3.05) is 6.61 Å². The zero-order chi connectivity index (χ0) is 21.1. The summed E-state index contributed by atoms with van der Waals surface area (Å²) in [6.45, 7) is 2.34. The van der Waals surface area contributed by atoms with Crippen LogP contribution in [-0.4, -0.2) is 6.61 Å². The van der Waals surface area contributed by atoms with Gasteiger partial charge in [0.2, 0.25) is 0 Å². The van der Waals surface area contributed by atoms with Gasteiger partial charge in [0.15, 0.2) is 0 Å². The molecule has 0 atom stereocenters. The lowest BCUT2D eigenvalue weighted by molar-refractivity contribution is 0.338. The van der Waals surface area contributed by atoms with Crippen LogP contribution in [0.2, 0.25) is 5.02 Å². The third-order valence-corrected chi connectivity index (χ3v) is 5.44. The van der Waals surface area contributed by atoms with E-state index in [1.54, 1.807) is 24.3 Å². The minimum absolute atomic E-state index is 0.222. The molecule has 0 aliphatic heterocycles. The van der Waals surface area contributed by atoms with Crippen LogP contribution in [0.25, 0.3) is 21.9 Å². The number of hydrogen-bond donors (Lipinski definition) is 0.